The number of nitrogens with one attached hydrogen (secondary N) is 1. The number of nitro groups is 1. The van der Waals surface area contributed by atoms with Crippen molar-refractivity contribution in [3.05, 3.63) is 32.5 Å². The Labute approximate surface area is 119 Å². The van der Waals surface area contributed by atoms with Gasteiger partial charge in [-0.2, -0.15) is 0 Å². The Bertz CT molecular complexity index is 478. The highest BCUT2D eigenvalue weighted by molar-refractivity contribution is 9.10. The van der Waals surface area contributed by atoms with Crippen LogP contribution in [0.25, 0.3) is 0 Å². The van der Waals surface area contributed by atoms with Crippen LogP contribution in [0.3, 0.4) is 0 Å². The van der Waals surface area contributed by atoms with Crippen molar-refractivity contribution in [3.63, 3.8) is 0 Å². The summed E-state index contributed by atoms with van der Waals surface area (Å²) in [5.41, 5.74) is 5.61. The molecule has 0 saturated heterocycles. The molecule has 106 valence electrons. The van der Waals surface area contributed by atoms with Crippen molar-refractivity contribution in [1.29, 1.82) is 0 Å². The number of hydrogen-bond donors (Lipinski definition) is 2. The number of rotatable bonds is 6. The number of nitrogens with two attached hydrogens (primary N) is 1. The number of nitrogens with zero attached hydrogens (tertiary/aromatic N) is 1. The molecule has 0 atom stereocenters. The summed E-state index contributed by atoms with van der Waals surface area (Å²) >= 11 is 2.93. The summed E-state index contributed by atoms with van der Waals surface area (Å²) in [5, 5.41) is 13.8. The van der Waals surface area contributed by atoms with E-state index < -0.39 is 16.3 Å². The number of nitro benzene ring substituents is 1. The van der Waals surface area contributed by atoms with Crippen LogP contribution in [0.5, 0.6) is 0 Å². The van der Waals surface area contributed by atoms with Crippen molar-refractivity contribution in [2.45, 2.75) is 32.2 Å². The van der Waals surface area contributed by atoms with Crippen LogP contribution in [0.4, 0.5) is 15.8 Å². The number of benzene rings is 1. The molecule has 0 amide bonds. The van der Waals surface area contributed by atoms with Crippen molar-refractivity contribution in [2.24, 2.45) is 5.73 Å². The molecular weight excluding hydrogens is 317 g/mol. The van der Waals surface area contributed by atoms with Gasteiger partial charge in [0.25, 0.3) is 5.69 Å². The summed E-state index contributed by atoms with van der Waals surface area (Å²) in [7, 11) is 0. The average Bonchev–Trinajstić information content (AvgIpc) is 2.39. The second-order valence-corrected chi connectivity index (χ2v) is 5.32. The van der Waals surface area contributed by atoms with Crippen LogP contribution in [0.2, 0.25) is 0 Å². The van der Waals surface area contributed by atoms with E-state index in [2.05, 4.69) is 21.2 Å². The van der Waals surface area contributed by atoms with E-state index in [0.29, 0.717) is 6.54 Å². The van der Waals surface area contributed by atoms with E-state index in [1.165, 1.54) is 0 Å². The molecule has 0 spiro atoms. The lowest BCUT2D eigenvalue weighted by Gasteiger charge is -2.27. The zero-order chi connectivity index (χ0) is 14.6. The molecule has 0 aromatic heterocycles. The van der Waals surface area contributed by atoms with Crippen LogP contribution in [0.15, 0.2) is 16.6 Å². The van der Waals surface area contributed by atoms with Gasteiger partial charge in [-0.15, -0.1) is 0 Å². The lowest BCUT2D eigenvalue weighted by atomic mass is 9.94. The van der Waals surface area contributed by atoms with Crippen LogP contribution in [0, 0.1) is 15.9 Å². The van der Waals surface area contributed by atoms with Gasteiger partial charge in [0, 0.05) is 24.2 Å². The maximum Gasteiger partial charge on any atom is 0.293 e. The van der Waals surface area contributed by atoms with Crippen molar-refractivity contribution >= 4 is 27.3 Å². The number of halogens is 2. The SMILES string of the molecule is CCC(N)(CC)CNc1cc(F)c(Br)cc1[N+](=O)[O-]. The minimum Gasteiger partial charge on any atom is -0.378 e. The van der Waals surface area contributed by atoms with Crippen LogP contribution in [-0.2, 0) is 0 Å². The molecule has 1 aromatic rings. The third kappa shape index (κ3) is 3.87. The van der Waals surface area contributed by atoms with Crippen molar-refractivity contribution in [2.75, 3.05) is 11.9 Å². The molecule has 0 heterocycles. The van der Waals surface area contributed by atoms with Gasteiger partial charge in [-0.3, -0.25) is 10.1 Å². The van der Waals surface area contributed by atoms with Crippen LogP contribution in [0.1, 0.15) is 26.7 Å². The molecule has 0 aliphatic heterocycles. The van der Waals surface area contributed by atoms with E-state index in [9.17, 15) is 14.5 Å². The highest BCUT2D eigenvalue weighted by Crippen LogP contribution is 2.31. The van der Waals surface area contributed by atoms with Gasteiger partial charge in [-0.05, 0) is 28.8 Å². The fourth-order valence-electron chi connectivity index (χ4n) is 1.60. The fraction of sp³-hybridized carbons (Fsp3) is 0.500. The summed E-state index contributed by atoms with van der Waals surface area (Å²) in [6, 6.07) is 2.25. The monoisotopic (exact) mass is 333 g/mol. The first-order valence-electron chi connectivity index (χ1n) is 5.99. The lowest BCUT2D eigenvalue weighted by molar-refractivity contribution is -0.384. The fourth-order valence-corrected chi connectivity index (χ4v) is 1.93. The Hall–Kier alpha value is -1.21. The molecule has 7 heteroatoms. The molecule has 19 heavy (non-hydrogen) atoms. The van der Waals surface area contributed by atoms with Gasteiger partial charge < -0.3 is 11.1 Å². The number of hydrogen-bond acceptors (Lipinski definition) is 4. The van der Waals surface area contributed by atoms with Crippen molar-refractivity contribution in [3.8, 4) is 0 Å². The van der Waals surface area contributed by atoms with Gasteiger partial charge in [-0.1, -0.05) is 13.8 Å². The van der Waals surface area contributed by atoms with Crippen LogP contribution < -0.4 is 11.1 Å². The zero-order valence-electron chi connectivity index (χ0n) is 10.9. The van der Waals surface area contributed by atoms with Crippen LogP contribution in [-0.4, -0.2) is 17.0 Å². The lowest BCUT2D eigenvalue weighted by Crippen LogP contribution is -2.45. The largest absolute Gasteiger partial charge is 0.378 e. The van der Waals surface area contributed by atoms with E-state index in [0.717, 1.165) is 25.0 Å². The first-order valence-corrected chi connectivity index (χ1v) is 6.78. The summed E-state index contributed by atoms with van der Waals surface area (Å²) in [4.78, 5) is 10.4. The molecule has 0 unspecified atom stereocenters. The Balaban J connectivity index is 3.00. The molecule has 0 fully saturated rings. The quantitative estimate of drug-likeness (QED) is 0.617. The van der Waals surface area contributed by atoms with E-state index >= 15 is 0 Å². The van der Waals surface area contributed by atoms with Gasteiger partial charge in [0.15, 0.2) is 0 Å². The standard InChI is InChI=1S/C12H17BrFN3O2/c1-3-12(15,4-2)7-16-10-6-9(14)8(13)5-11(10)17(18)19/h5-6,16H,3-4,7,15H2,1-2H3. The molecule has 0 radical (unpaired) electrons. The molecule has 0 aliphatic carbocycles. The predicted molar refractivity (Wildman–Crippen MR) is 76.7 cm³/mol. The van der Waals surface area contributed by atoms with Gasteiger partial charge in [0.05, 0.1) is 9.40 Å². The highest BCUT2D eigenvalue weighted by atomic mass is 79.9. The summed E-state index contributed by atoms with van der Waals surface area (Å²) in [5.74, 6) is -0.552. The number of anilines is 1. The first kappa shape index (κ1) is 15.8. The maximum atomic E-state index is 13.5. The van der Waals surface area contributed by atoms with Crippen molar-refractivity contribution in [1.82, 2.24) is 0 Å². The highest BCUT2D eigenvalue weighted by Gasteiger charge is 2.23. The maximum absolute atomic E-state index is 13.5. The molecular formula is C12H17BrFN3O2. The minimum absolute atomic E-state index is 0.0646. The predicted octanol–water partition coefficient (Wildman–Crippen LogP) is 3.43. The Morgan fingerprint density at radius 1 is 1.47 bits per heavy atom. The molecule has 5 nitrogen and oxygen atoms in total. The van der Waals surface area contributed by atoms with E-state index in [1.807, 2.05) is 13.8 Å². The Morgan fingerprint density at radius 3 is 2.53 bits per heavy atom. The molecule has 0 saturated carbocycles. The van der Waals surface area contributed by atoms with E-state index in [1.54, 1.807) is 0 Å². The third-order valence-electron chi connectivity index (χ3n) is 3.27. The van der Waals surface area contributed by atoms with Gasteiger partial charge in [0.2, 0.25) is 0 Å². The summed E-state index contributed by atoms with van der Waals surface area (Å²) in [6.45, 7) is 4.24. The molecule has 1 rings (SSSR count). The summed E-state index contributed by atoms with van der Waals surface area (Å²) < 4.78 is 13.5. The normalized spacial score (nSPS) is 11.4. The third-order valence-corrected chi connectivity index (χ3v) is 3.88. The smallest absolute Gasteiger partial charge is 0.293 e. The molecule has 0 aliphatic rings. The second-order valence-electron chi connectivity index (χ2n) is 4.46. The molecule has 0 bridgehead atoms. The van der Waals surface area contributed by atoms with Gasteiger partial charge in [-0.25, -0.2) is 4.39 Å². The first-order chi connectivity index (χ1) is 8.83. The zero-order valence-corrected chi connectivity index (χ0v) is 12.5. The van der Waals surface area contributed by atoms with Crippen LogP contribution >= 0.6 is 15.9 Å². The second kappa shape index (κ2) is 6.29. The Morgan fingerprint density at radius 2 is 2.05 bits per heavy atom. The van der Waals surface area contributed by atoms with E-state index in [-0.39, 0.29) is 15.8 Å². The summed E-state index contributed by atoms with van der Waals surface area (Å²) in [6.07, 6.45) is 1.45. The average molecular weight is 334 g/mol. The minimum atomic E-state index is -0.553. The van der Waals surface area contributed by atoms with Gasteiger partial charge >= 0.3 is 0 Å². The topological polar surface area (TPSA) is 81.2 Å². The van der Waals surface area contributed by atoms with E-state index in [4.69, 9.17) is 5.73 Å². The molecule has 1 aromatic carbocycles. The molecule has 3 N–H and O–H groups in total. The van der Waals surface area contributed by atoms with Gasteiger partial charge in [0.1, 0.15) is 11.5 Å². The van der Waals surface area contributed by atoms with Crippen molar-refractivity contribution < 1.29 is 9.31 Å². The Kier molecular flexibility index (Phi) is 5.25.